The molecule has 1 unspecified atom stereocenters. The number of amides is 1. The Bertz CT molecular complexity index is 769. The number of benzene rings is 1. The summed E-state index contributed by atoms with van der Waals surface area (Å²) in [5.74, 6) is 1.06. The summed E-state index contributed by atoms with van der Waals surface area (Å²) in [5.41, 5.74) is 2.35. The SMILES string of the molecule is Cc1cccc(C)c1OCc1cc(C(=O)NCCN2CCCCC2CO)no1. The van der Waals surface area contributed by atoms with E-state index < -0.39 is 0 Å². The molecular weight excluding hydrogens is 358 g/mol. The van der Waals surface area contributed by atoms with Gasteiger partial charge in [-0.15, -0.1) is 0 Å². The summed E-state index contributed by atoms with van der Waals surface area (Å²) in [5, 5.41) is 16.2. The van der Waals surface area contributed by atoms with Gasteiger partial charge in [0.25, 0.3) is 5.91 Å². The van der Waals surface area contributed by atoms with Gasteiger partial charge >= 0.3 is 0 Å². The number of piperidine rings is 1. The molecule has 1 aliphatic heterocycles. The molecule has 2 aromatic rings. The molecule has 7 heteroatoms. The molecule has 0 spiro atoms. The Balaban J connectivity index is 1.47. The molecule has 1 amide bonds. The molecule has 1 aromatic heterocycles. The number of hydrogen-bond acceptors (Lipinski definition) is 6. The topological polar surface area (TPSA) is 87.8 Å². The van der Waals surface area contributed by atoms with Crippen molar-refractivity contribution >= 4 is 5.91 Å². The number of nitrogens with one attached hydrogen (secondary N) is 1. The summed E-state index contributed by atoms with van der Waals surface area (Å²) < 4.78 is 11.1. The second kappa shape index (κ2) is 9.71. The van der Waals surface area contributed by atoms with E-state index in [1.54, 1.807) is 6.07 Å². The van der Waals surface area contributed by atoms with E-state index in [1.807, 2.05) is 32.0 Å². The van der Waals surface area contributed by atoms with Gasteiger partial charge in [0.1, 0.15) is 12.4 Å². The van der Waals surface area contributed by atoms with Crippen LogP contribution in [-0.4, -0.2) is 53.4 Å². The molecule has 0 saturated carbocycles. The lowest BCUT2D eigenvalue weighted by Gasteiger charge is -2.34. The van der Waals surface area contributed by atoms with Crippen molar-refractivity contribution in [1.29, 1.82) is 0 Å². The van der Waals surface area contributed by atoms with Gasteiger partial charge in [-0.25, -0.2) is 0 Å². The van der Waals surface area contributed by atoms with Crippen LogP contribution in [0.15, 0.2) is 28.8 Å². The molecule has 1 atom stereocenters. The van der Waals surface area contributed by atoms with Crippen LogP contribution >= 0.6 is 0 Å². The lowest BCUT2D eigenvalue weighted by molar-refractivity contribution is 0.0845. The van der Waals surface area contributed by atoms with Gasteiger partial charge in [-0.1, -0.05) is 29.8 Å². The molecule has 0 radical (unpaired) electrons. The number of aliphatic hydroxyl groups excluding tert-OH is 1. The minimum atomic E-state index is -0.264. The Morgan fingerprint density at radius 3 is 2.89 bits per heavy atom. The number of rotatable bonds is 8. The maximum absolute atomic E-state index is 12.3. The molecule has 28 heavy (non-hydrogen) atoms. The molecule has 2 N–H and O–H groups in total. The number of carbonyl (C=O) groups is 1. The lowest BCUT2D eigenvalue weighted by Crippen LogP contribution is -2.45. The third-order valence-corrected chi connectivity index (χ3v) is 5.20. The second-order valence-corrected chi connectivity index (χ2v) is 7.31. The van der Waals surface area contributed by atoms with Crippen LogP contribution in [0.4, 0.5) is 0 Å². The van der Waals surface area contributed by atoms with Crippen molar-refractivity contribution in [3.05, 3.63) is 46.8 Å². The van der Waals surface area contributed by atoms with Crippen LogP contribution in [-0.2, 0) is 6.61 Å². The van der Waals surface area contributed by atoms with Crippen molar-refractivity contribution in [3.63, 3.8) is 0 Å². The van der Waals surface area contributed by atoms with Crippen molar-refractivity contribution in [2.75, 3.05) is 26.2 Å². The minimum absolute atomic E-state index is 0.168. The Hall–Kier alpha value is -2.38. The van der Waals surface area contributed by atoms with E-state index in [1.165, 1.54) is 0 Å². The first-order chi connectivity index (χ1) is 13.6. The number of likely N-dealkylation sites (tertiary alicyclic amines) is 1. The highest BCUT2D eigenvalue weighted by Crippen LogP contribution is 2.23. The van der Waals surface area contributed by atoms with Gasteiger partial charge in [-0.3, -0.25) is 9.69 Å². The number of ether oxygens (including phenoxy) is 1. The molecule has 0 bridgehead atoms. The van der Waals surface area contributed by atoms with Crippen molar-refractivity contribution < 1.29 is 19.2 Å². The number of carbonyl (C=O) groups excluding carboxylic acids is 1. The standard InChI is InChI=1S/C21H29N3O4/c1-15-6-5-7-16(2)20(15)27-14-18-12-19(23-28-18)21(26)22-9-11-24-10-4-3-8-17(24)13-25/h5-7,12,17,25H,3-4,8-11,13-14H2,1-2H3,(H,22,26). The normalized spacial score (nSPS) is 17.5. The zero-order valence-electron chi connectivity index (χ0n) is 16.6. The van der Waals surface area contributed by atoms with Gasteiger partial charge in [0.2, 0.25) is 0 Å². The Kier molecular flexibility index (Phi) is 7.06. The highest BCUT2D eigenvalue weighted by molar-refractivity contribution is 5.92. The molecule has 1 aliphatic rings. The average molecular weight is 387 g/mol. The number of aromatic nitrogens is 1. The van der Waals surface area contributed by atoms with Gasteiger partial charge in [-0.2, -0.15) is 0 Å². The summed E-state index contributed by atoms with van der Waals surface area (Å²) in [6.07, 6.45) is 3.30. The number of aryl methyl sites for hydroxylation is 2. The zero-order valence-corrected chi connectivity index (χ0v) is 16.6. The summed E-state index contributed by atoms with van der Waals surface area (Å²) in [4.78, 5) is 14.5. The van der Waals surface area contributed by atoms with E-state index in [9.17, 15) is 9.90 Å². The summed E-state index contributed by atoms with van der Waals surface area (Å²) in [6.45, 7) is 6.56. The minimum Gasteiger partial charge on any atom is -0.485 e. The van der Waals surface area contributed by atoms with Gasteiger partial charge in [-0.05, 0) is 44.4 Å². The van der Waals surface area contributed by atoms with Crippen LogP contribution in [0.5, 0.6) is 5.75 Å². The molecule has 2 heterocycles. The highest BCUT2D eigenvalue weighted by atomic mass is 16.5. The van der Waals surface area contributed by atoms with Crippen LogP contribution in [0.3, 0.4) is 0 Å². The number of nitrogens with zero attached hydrogens (tertiary/aromatic N) is 2. The van der Waals surface area contributed by atoms with Crippen molar-refractivity contribution in [2.45, 2.75) is 45.8 Å². The van der Waals surface area contributed by atoms with E-state index in [0.29, 0.717) is 12.3 Å². The van der Waals surface area contributed by atoms with Crippen molar-refractivity contribution in [1.82, 2.24) is 15.4 Å². The average Bonchev–Trinajstić information content (AvgIpc) is 3.17. The predicted molar refractivity (Wildman–Crippen MR) is 105 cm³/mol. The van der Waals surface area contributed by atoms with Crippen LogP contribution < -0.4 is 10.1 Å². The van der Waals surface area contributed by atoms with E-state index in [0.717, 1.165) is 49.2 Å². The number of para-hydroxylation sites is 1. The number of hydrogen-bond donors (Lipinski definition) is 2. The summed E-state index contributed by atoms with van der Waals surface area (Å²) >= 11 is 0. The first-order valence-electron chi connectivity index (χ1n) is 9.86. The van der Waals surface area contributed by atoms with E-state index in [4.69, 9.17) is 9.26 Å². The molecule has 3 rings (SSSR count). The Morgan fingerprint density at radius 2 is 2.14 bits per heavy atom. The van der Waals surface area contributed by atoms with E-state index in [2.05, 4.69) is 15.4 Å². The molecular formula is C21H29N3O4. The van der Waals surface area contributed by atoms with Crippen molar-refractivity contribution in [3.8, 4) is 5.75 Å². The smallest absolute Gasteiger partial charge is 0.273 e. The number of aliphatic hydroxyl groups is 1. The molecule has 7 nitrogen and oxygen atoms in total. The fourth-order valence-corrected chi connectivity index (χ4v) is 3.62. The second-order valence-electron chi connectivity index (χ2n) is 7.31. The van der Waals surface area contributed by atoms with Gasteiger partial charge in [0, 0.05) is 25.2 Å². The third-order valence-electron chi connectivity index (χ3n) is 5.20. The molecule has 1 aromatic carbocycles. The van der Waals surface area contributed by atoms with Crippen LogP contribution in [0.1, 0.15) is 46.6 Å². The largest absolute Gasteiger partial charge is 0.485 e. The summed E-state index contributed by atoms with van der Waals surface area (Å²) in [6, 6.07) is 7.78. The first kappa shape index (κ1) is 20.4. The fourth-order valence-electron chi connectivity index (χ4n) is 3.62. The Labute approximate surface area is 165 Å². The fraction of sp³-hybridized carbons (Fsp3) is 0.524. The van der Waals surface area contributed by atoms with Crippen LogP contribution in [0.25, 0.3) is 0 Å². The molecule has 0 aliphatic carbocycles. The van der Waals surface area contributed by atoms with E-state index in [-0.39, 0.29) is 30.9 Å². The third kappa shape index (κ3) is 5.11. The van der Waals surface area contributed by atoms with E-state index >= 15 is 0 Å². The Morgan fingerprint density at radius 1 is 1.36 bits per heavy atom. The van der Waals surface area contributed by atoms with Crippen LogP contribution in [0, 0.1) is 13.8 Å². The van der Waals surface area contributed by atoms with Gasteiger partial charge < -0.3 is 19.7 Å². The van der Waals surface area contributed by atoms with Gasteiger partial charge in [0.05, 0.1) is 6.61 Å². The van der Waals surface area contributed by atoms with Crippen LogP contribution in [0.2, 0.25) is 0 Å². The summed E-state index contributed by atoms with van der Waals surface area (Å²) in [7, 11) is 0. The first-order valence-corrected chi connectivity index (χ1v) is 9.86. The monoisotopic (exact) mass is 387 g/mol. The maximum Gasteiger partial charge on any atom is 0.273 e. The van der Waals surface area contributed by atoms with Crippen molar-refractivity contribution in [2.24, 2.45) is 0 Å². The molecule has 1 fully saturated rings. The quantitative estimate of drug-likeness (QED) is 0.723. The highest BCUT2D eigenvalue weighted by Gasteiger charge is 2.21. The zero-order chi connectivity index (χ0) is 19.9. The predicted octanol–water partition coefficient (Wildman–Crippen LogP) is 2.45. The molecule has 1 saturated heterocycles. The van der Waals surface area contributed by atoms with Gasteiger partial charge in [0.15, 0.2) is 11.5 Å². The lowest BCUT2D eigenvalue weighted by atomic mass is 10.0. The maximum atomic E-state index is 12.3. The molecule has 152 valence electrons.